The molecular formula is C9H10. The third-order valence-electron chi connectivity index (χ3n) is 1.10. The predicted molar refractivity (Wildman–Crippen MR) is 41.2 cm³/mol. The minimum absolute atomic E-state index is 1.04. The summed E-state index contributed by atoms with van der Waals surface area (Å²) in [5, 5.41) is 0. The Kier molecular flexibility index (Phi) is 2.64. The highest BCUT2D eigenvalue weighted by molar-refractivity contribution is 5.18. The Labute approximate surface area is 55.9 Å². The van der Waals surface area contributed by atoms with Gasteiger partial charge >= 0.3 is 0 Å². The largest absolute Gasteiger partial charge is 0.0807 e. The lowest BCUT2D eigenvalue weighted by Crippen LogP contribution is -1.53. The molecule has 0 aromatic rings. The van der Waals surface area contributed by atoms with Crippen LogP contribution in [0.4, 0.5) is 0 Å². The molecule has 9 heavy (non-hydrogen) atoms. The van der Waals surface area contributed by atoms with Crippen molar-refractivity contribution in [1.82, 2.24) is 0 Å². The summed E-state index contributed by atoms with van der Waals surface area (Å²) < 4.78 is 0. The van der Waals surface area contributed by atoms with Gasteiger partial charge in [-0.1, -0.05) is 48.6 Å². The van der Waals surface area contributed by atoms with Crippen molar-refractivity contribution in [1.29, 1.82) is 0 Å². The monoisotopic (exact) mass is 118 g/mol. The minimum Gasteiger partial charge on any atom is -0.0807 e. The summed E-state index contributed by atoms with van der Waals surface area (Å²) in [6.45, 7) is 0. The van der Waals surface area contributed by atoms with Crippen LogP contribution in [0.3, 0.4) is 0 Å². The second-order valence-electron chi connectivity index (χ2n) is 1.86. The maximum atomic E-state index is 2.12. The summed E-state index contributed by atoms with van der Waals surface area (Å²) in [5.41, 5.74) is 0. The van der Waals surface area contributed by atoms with Crippen LogP contribution in [0.5, 0.6) is 0 Å². The van der Waals surface area contributed by atoms with Crippen LogP contribution in [0.1, 0.15) is 6.42 Å². The van der Waals surface area contributed by atoms with E-state index in [1.165, 1.54) is 0 Å². The molecule has 0 radical (unpaired) electrons. The highest BCUT2D eigenvalue weighted by Gasteiger charge is 1.70. The Morgan fingerprint density at radius 2 is 1.00 bits per heavy atom. The van der Waals surface area contributed by atoms with E-state index in [0.29, 0.717) is 0 Å². The average molecular weight is 118 g/mol. The van der Waals surface area contributed by atoms with Crippen molar-refractivity contribution >= 4 is 0 Å². The second kappa shape index (κ2) is 3.90. The summed E-state index contributed by atoms with van der Waals surface area (Å²) >= 11 is 0. The van der Waals surface area contributed by atoms with Gasteiger partial charge in [-0.15, -0.1) is 0 Å². The Bertz CT molecular complexity index is 148. The molecule has 0 atom stereocenters. The van der Waals surface area contributed by atoms with Crippen molar-refractivity contribution < 1.29 is 0 Å². The molecule has 46 valence electrons. The standard InChI is InChI=1S/C9H10/c1-2-4-6-8-9-7-5-3-1/h1-8H,9H2. The van der Waals surface area contributed by atoms with Crippen molar-refractivity contribution in [3.05, 3.63) is 48.6 Å². The lowest BCUT2D eigenvalue weighted by atomic mass is 10.3. The first-order chi connectivity index (χ1) is 4.50. The molecule has 0 saturated heterocycles. The van der Waals surface area contributed by atoms with E-state index in [2.05, 4.69) is 24.3 Å². The Hall–Kier alpha value is -1.04. The van der Waals surface area contributed by atoms with Gasteiger partial charge in [-0.05, 0) is 6.42 Å². The van der Waals surface area contributed by atoms with E-state index in [0.717, 1.165) is 6.42 Å². The first-order valence-corrected chi connectivity index (χ1v) is 3.15. The van der Waals surface area contributed by atoms with Crippen molar-refractivity contribution in [3.63, 3.8) is 0 Å². The zero-order chi connectivity index (χ0) is 6.36. The lowest BCUT2D eigenvalue weighted by Gasteiger charge is -1.74. The summed E-state index contributed by atoms with van der Waals surface area (Å²) in [5.74, 6) is 0. The van der Waals surface area contributed by atoms with Gasteiger partial charge in [0.05, 0.1) is 0 Å². The zero-order valence-corrected chi connectivity index (χ0v) is 5.33. The fourth-order valence-electron chi connectivity index (χ4n) is 0.649. The Balaban J connectivity index is 2.60. The van der Waals surface area contributed by atoms with E-state index in [1.807, 2.05) is 24.3 Å². The molecule has 0 aliphatic heterocycles. The van der Waals surface area contributed by atoms with E-state index < -0.39 is 0 Å². The molecular weight excluding hydrogens is 108 g/mol. The SMILES string of the molecule is C1=CC=CCC=CC=C1. The summed E-state index contributed by atoms with van der Waals surface area (Å²) in [4.78, 5) is 0. The molecule has 0 spiro atoms. The Morgan fingerprint density at radius 1 is 0.556 bits per heavy atom. The van der Waals surface area contributed by atoms with E-state index in [9.17, 15) is 0 Å². The molecule has 0 aromatic carbocycles. The number of hydrogen-bond acceptors (Lipinski definition) is 0. The lowest BCUT2D eigenvalue weighted by molar-refractivity contribution is 1.40. The summed E-state index contributed by atoms with van der Waals surface area (Å²) in [6, 6.07) is 0. The molecule has 1 aliphatic rings. The van der Waals surface area contributed by atoms with Crippen LogP contribution in [0, 0.1) is 0 Å². The molecule has 0 N–H and O–H groups in total. The van der Waals surface area contributed by atoms with Crippen molar-refractivity contribution in [3.8, 4) is 0 Å². The molecule has 0 aromatic heterocycles. The molecule has 0 nitrogen and oxygen atoms in total. The summed E-state index contributed by atoms with van der Waals surface area (Å²) in [6.07, 6.45) is 17.5. The number of allylic oxidation sites excluding steroid dienone is 8. The van der Waals surface area contributed by atoms with E-state index in [-0.39, 0.29) is 0 Å². The summed E-state index contributed by atoms with van der Waals surface area (Å²) in [7, 11) is 0. The van der Waals surface area contributed by atoms with Gasteiger partial charge in [-0.25, -0.2) is 0 Å². The first-order valence-electron chi connectivity index (χ1n) is 3.15. The average Bonchev–Trinajstić information content (AvgIpc) is 2.00. The van der Waals surface area contributed by atoms with Crippen LogP contribution in [0.2, 0.25) is 0 Å². The van der Waals surface area contributed by atoms with Crippen LogP contribution in [0.25, 0.3) is 0 Å². The van der Waals surface area contributed by atoms with Gasteiger partial charge in [-0.2, -0.15) is 0 Å². The highest BCUT2D eigenvalue weighted by Crippen LogP contribution is 1.91. The first kappa shape index (κ1) is 6.09. The van der Waals surface area contributed by atoms with Gasteiger partial charge in [0.2, 0.25) is 0 Å². The fraction of sp³-hybridized carbons (Fsp3) is 0.111. The van der Waals surface area contributed by atoms with Crippen LogP contribution in [-0.2, 0) is 0 Å². The zero-order valence-electron chi connectivity index (χ0n) is 5.33. The predicted octanol–water partition coefficient (Wildman–Crippen LogP) is 2.61. The van der Waals surface area contributed by atoms with Crippen LogP contribution in [-0.4, -0.2) is 0 Å². The van der Waals surface area contributed by atoms with Crippen LogP contribution >= 0.6 is 0 Å². The van der Waals surface area contributed by atoms with Crippen molar-refractivity contribution in [2.45, 2.75) is 6.42 Å². The molecule has 0 amide bonds. The molecule has 1 aliphatic carbocycles. The second-order valence-corrected chi connectivity index (χ2v) is 1.86. The van der Waals surface area contributed by atoms with Gasteiger partial charge in [0.25, 0.3) is 0 Å². The molecule has 0 heterocycles. The van der Waals surface area contributed by atoms with Gasteiger partial charge in [0.15, 0.2) is 0 Å². The topological polar surface area (TPSA) is 0 Å². The van der Waals surface area contributed by atoms with Gasteiger partial charge < -0.3 is 0 Å². The highest BCUT2D eigenvalue weighted by atomic mass is 13.8. The maximum Gasteiger partial charge on any atom is -0.0163 e. The smallest absolute Gasteiger partial charge is 0.0163 e. The fourth-order valence-corrected chi connectivity index (χ4v) is 0.649. The maximum absolute atomic E-state index is 2.12. The van der Waals surface area contributed by atoms with Gasteiger partial charge in [0.1, 0.15) is 0 Å². The minimum atomic E-state index is 1.04. The third-order valence-corrected chi connectivity index (χ3v) is 1.10. The van der Waals surface area contributed by atoms with E-state index >= 15 is 0 Å². The van der Waals surface area contributed by atoms with Crippen LogP contribution in [0.15, 0.2) is 48.6 Å². The van der Waals surface area contributed by atoms with Crippen LogP contribution < -0.4 is 0 Å². The third kappa shape index (κ3) is 2.70. The number of rotatable bonds is 0. The molecule has 1 rings (SSSR count). The Morgan fingerprint density at radius 3 is 1.56 bits per heavy atom. The normalized spacial score (nSPS) is 16.9. The molecule has 0 heteroatoms. The van der Waals surface area contributed by atoms with E-state index in [4.69, 9.17) is 0 Å². The van der Waals surface area contributed by atoms with Crippen molar-refractivity contribution in [2.24, 2.45) is 0 Å². The molecule has 0 bridgehead atoms. The van der Waals surface area contributed by atoms with Gasteiger partial charge in [-0.3, -0.25) is 0 Å². The molecule has 0 fully saturated rings. The number of hydrogen-bond donors (Lipinski definition) is 0. The quantitative estimate of drug-likeness (QED) is 0.458. The molecule has 0 unspecified atom stereocenters. The van der Waals surface area contributed by atoms with Crippen molar-refractivity contribution in [2.75, 3.05) is 0 Å². The molecule has 0 saturated carbocycles. The van der Waals surface area contributed by atoms with Gasteiger partial charge in [0, 0.05) is 0 Å². The van der Waals surface area contributed by atoms with E-state index in [1.54, 1.807) is 0 Å².